The van der Waals surface area contributed by atoms with Gasteiger partial charge in [0, 0.05) is 24.8 Å². The number of rotatable bonds is 8. The quantitative estimate of drug-likeness (QED) is 0.697. The van der Waals surface area contributed by atoms with Crippen molar-refractivity contribution in [2.45, 2.75) is 20.0 Å². The number of methoxy groups -OCH3 is 1. The molecule has 0 unspecified atom stereocenters. The maximum Gasteiger partial charge on any atom is 0.307 e. The maximum atomic E-state index is 11.9. The summed E-state index contributed by atoms with van der Waals surface area (Å²) in [5, 5.41) is 0. The van der Waals surface area contributed by atoms with Crippen LogP contribution in [0.2, 0.25) is 0 Å². The first-order chi connectivity index (χ1) is 11.2. The minimum absolute atomic E-state index is 0.185. The van der Waals surface area contributed by atoms with Gasteiger partial charge in [0.2, 0.25) is 0 Å². The third-order valence-corrected chi connectivity index (χ3v) is 3.63. The Morgan fingerprint density at radius 2 is 1.87 bits per heavy atom. The lowest BCUT2D eigenvalue weighted by atomic mass is 10.2. The number of benzene rings is 2. The summed E-state index contributed by atoms with van der Waals surface area (Å²) in [6.07, 6.45) is 0.359. The summed E-state index contributed by atoms with van der Waals surface area (Å²) < 4.78 is 10.6. The largest absolute Gasteiger partial charge is 0.497 e. The summed E-state index contributed by atoms with van der Waals surface area (Å²) in [5.41, 5.74) is 2.05. The molecule has 0 bridgehead atoms. The van der Waals surface area contributed by atoms with Gasteiger partial charge in [-0.25, -0.2) is 0 Å². The fraction of sp³-hybridized carbons (Fsp3) is 0.316. The van der Waals surface area contributed by atoms with Gasteiger partial charge in [0.05, 0.1) is 13.5 Å². The second kappa shape index (κ2) is 8.83. The van der Waals surface area contributed by atoms with E-state index < -0.39 is 0 Å². The molecule has 122 valence electrons. The summed E-state index contributed by atoms with van der Waals surface area (Å²) in [6, 6.07) is 17.5. The molecule has 0 aliphatic heterocycles. The molecule has 2 aromatic rings. The lowest BCUT2D eigenvalue weighted by Crippen LogP contribution is -2.26. The van der Waals surface area contributed by atoms with Crippen LogP contribution >= 0.6 is 0 Å². The van der Waals surface area contributed by atoms with E-state index in [-0.39, 0.29) is 5.97 Å². The van der Waals surface area contributed by atoms with Crippen LogP contribution in [0.5, 0.6) is 5.75 Å². The summed E-state index contributed by atoms with van der Waals surface area (Å²) in [7, 11) is 1.65. The van der Waals surface area contributed by atoms with Crippen molar-refractivity contribution >= 4 is 11.7 Å². The number of nitrogens with zero attached hydrogens (tertiary/aromatic N) is 1. The molecule has 0 saturated carbocycles. The Morgan fingerprint density at radius 1 is 1.09 bits per heavy atom. The van der Waals surface area contributed by atoms with Crippen LogP contribution in [0.15, 0.2) is 54.6 Å². The van der Waals surface area contributed by atoms with E-state index >= 15 is 0 Å². The van der Waals surface area contributed by atoms with Gasteiger partial charge in [-0.1, -0.05) is 36.4 Å². The van der Waals surface area contributed by atoms with Crippen LogP contribution in [0.3, 0.4) is 0 Å². The Labute approximate surface area is 137 Å². The third-order valence-electron chi connectivity index (χ3n) is 3.63. The molecule has 2 rings (SSSR count). The van der Waals surface area contributed by atoms with E-state index in [4.69, 9.17) is 9.47 Å². The van der Waals surface area contributed by atoms with Gasteiger partial charge >= 0.3 is 5.97 Å². The van der Waals surface area contributed by atoms with E-state index in [0.717, 1.165) is 23.5 Å². The first kappa shape index (κ1) is 16.9. The summed E-state index contributed by atoms with van der Waals surface area (Å²) >= 11 is 0. The van der Waals surface area contributed by atoms with E-state index in [1.54, 1.807) is 7.11 Å². The minimum Gasteiger partial charge on any atom is -0.497 e. The van der Waals surface area contributed by atoms with E-state index in [1.807, 2.05) is 54.6 Å². The highest BCUT2D eigenvalue weighted by Gasteiger charge is 2.09. The van der Waals surface area contributed by atoms with Crippen molar-refractivity contribution in [3.8, 4) is 5.75 Å². The van der Waals surface area contributed by atoms with Crippen LogP contribution in [-0.2, 0) is 16.1 Å². The van der Waals surface area contributed by atoms with Gasteiger partial charge in [-0.3, -0.25) is 4.79 Å². The molecule has 0 amide bonds. The zero-order chi connectivity index (χ0) is 16.5. The highest BCUT2D eigenvalue weighted by atomic mass is 16.5. The number of hydrogen-bond acceptors (Lipinski definition) is 4. The average Bonchev–Trinajstić information content (AvgIpc) is 2.61. The predicted molar refractivity (Wildman–Crippen MR) is 91.7 cm³/mol. The van der Waals surface area contributed by atoms with Crippen LogP contribution in [0, 0.1) is 0 Å². The Hall–Kier alpha value is -2.49. The molecule has 0 saturated heterocycles. The van der Waals surface area contributed by atoms with Gasteiger partial charge in [-0.2, -0.15) is 0 Å². The molecular weight excluding hydrogens is 290 g/mol. The Bertz CT molecular complexity index is 613. The molecule has 0 heterocycles. The molecule has 0 spiro atoms. The van der Waals surface area contributed by atoms with E-state index in [9.17, 15) is 4.79 Å². The van der Waals surface area contributed by atoms with Crippen molar-refractivity contribution in [3.05, 3.63) is 60.2 Å². The topological polar surface area (TPSA) is 38.8 Å². The fourth-order valence-electron chi connectivity index (χ4n) is 2.31. The van der Waals surface area contributed by atoms with E-state index in [2.05, 4.69) is 11.8 Å². The number of anilines is 1. The van der Waals surface area contributed by atoms with Crippen molar-refractivity contribution in [3.63, 3.8) is 0 Å². The maximum absolute atomic E-state index is 11.9. The number of carbonyl (C=O) groups is 1. The average molecular weight is 313 g/mol. The smallest absolute Gasteiger partial charge is 0.307 e. The van der Waals surface area contributed by atoms with E-state index in [0.29, 0.717) is 19.6 Å². The van der Waals surface area contributed by atoms with E-state index in [1.165, 1.54) is 0 Å². The first-order valence-electron chi connectivity index (χ1n) is 7.81. The predicted octanol–water partition coefficient (Wildman–Crippen LogP) is 3.66. The molecule has 23 heavy (non-hydrogen) atoms. The van der Waals surface area contributed by atoms with Crippen molar-refractivity contribution in [2.24, 2.45) is 0 Å². The Balaban J connectivity index is 1.83. The number of hydrogen-bond donors (Lipinski definition) is 0. The van der Waals surface area contributed by atoms with Crippen LogP contribution in [0.1, 0.15) is 18.9 Å². The molecular formula is C19H23NO3. The van der Waals surface area contributed by atoms with Crippen LogP contribution in [0.4, 0.5) is 5.69 Å². The first-order valence-corrected chi connectivity index (χ1v) is 7.81. The molecule has 0 radical (unpaired) electrons. The standard InChI is InChI=1S/C19H23NO3/c1-3-20(17-10-7-11-18(14-17)22-2)13-12-19(21)23-15-16-8-5-4-6-9-16/h4-11,14H,3,12-13,15H2,1-2H3. The zero-order valence-corrected chi connectivity index (χ0v) is 13.7. The number of carbonyl (C=O) groups excluding carboxylic acids is 1. The minimum atomic E-state index is -0.185. The normalized spacial score (nSPS) is 10.2. The molecule has 0 atom stereocenters. The number of esters is 1. The van der Waals surface area contributed by atoms with Gasteiger partial charge in [0.15, 0.2) is 0 Å². The molecule has 0 fully saturated rings. The van der Waals surface area contributed by atoms with Crippen molar-refractivity contribution in [1.29, 1.82) is 0 Å². The molecule has 4 heteroatoms. The highest BCUT2D eigenvalue weighted by Crippen LogP contribution is 2.21. The monoisotopic (exact) mass is 313 g/mol. The molecule has 0 aliphatic rings. The van der Waals surface area contributed by atoms with Gasteiger partial charge < -0.3 is 14.4 Å². The summed E-state index contributed by atoms with van der Waals surface area (Å²) in [6.45, 7) is 3.83. The Morgan fingerprint density at radius 3 is 2.57 bits per heavy atom. The SMILES string of the molecule is CCN(CCC(=O)OCc1ccccc1)c1cccc(OC)c1. The lowest BCUT2D eigenvalue weighted by Gasteiger charge is -2.23. The fourth-order valence-corrected chi connectivity index (χ4v) is 2.31. The van der Waals surface area contributed by atoms with Crippen molar-refractivity contribution in [1.82, 2.24) is 0 Å². The summed E-state index contributed by atoms with van der Waals surface area (Å²) in [4.78, 5) is 14.0. The molecule has 2 aromatic carbocycles. The number of ether oxygens (including phenoxy) is 2. The second-order valence-electron chi connectivity index (χ2n) is 5.18. The Kier molecular flexibility index (Phi) is 6.48. The second-order valence-corrected chi connectivity index (χ2v) is 5.18. The summed E-state index contributed by atoms with van der Waals surface area (Å²) in [5.74, 6) is 0.628. The van der Waals surface area contributed by atoms with Gasteiger partial charge in [0.1, 0.15) is 12.4 Å². The molecule has 0 N–H and O–H groups in total. The molecule has 4 nitrogen and oxygen atoms in total. The van der Waals surface area contributed by atoms with Gasteiger partial charge in [0.25, 0.3) is 0 Å². The molecule has 0 aromatic heterocycles. The van der Waals surface area contributed by atoms with Gasteiger partial charge in [-0.15, -0.1) is 0 Å². The third kappa shape index (κ3) is 5.33. The van der Waals surface area contributed by atoms with Crippen molar-refractivity contribution in [2.75, 3.05) is 25.1 Å². The molecule has 0 aliphatic carbocycles. The van der Waals surface area contributed by atoms with Crippen LogP contribution in [0.25, 0.3) is 0 Å². The van der Waals surface area contributed by atoms with Crippen LogP contribution < -0.4 is 9.64 Å². The van der Waals surface area contributed by atoms with Crippen LogP contribution in [-0.4, -0.2) is 26.2 Å². The zero-order valence-electron chi connectivity index (χ0n) is 13.7. The lowest BCUT2D eigenvalue weighted by molar-refractivity contribution is -0.144. The highest BCUT2D eigenvalue weighted by molar-refractivity contribution is 5.70. The van der Waals surface area contributed by atoms with Crippen molar-refractivity contribution < 1.29 is 14.3 Å². The van der Waals surface area contributed by atoms with Gasteiger partial charge in [-0.05, 0) is 24.6 Å².